The van der Waals surface area contributed by atoms with Crippen LogP contribution in [0.1, 0.15) is 13.8 Å². The molecule has 16 heavy (non-hydrogen) atoms. The Bertz CT molecular complexity index is 86.3. The molecule has 0 aromatic heterocycles. The Hall–Kier alpha value is -0.200. The number of aliphatic hydroxyl groups excluding tert-OH is 1. The van der Waals surface area contributed by atoms with E-state index >= 15 is 0 Å². The highest BCUT2D eigenvalue weighted by Gasteiger charge is 1.94. The molecule has 0 aromatic rings. The molecule has 1 fully saturated rings. The van der Waals surface area contributed by atoms with Gasteiger partial charge in [-0.05, 0) is 13.8 Å². The third kappa shape index (κ3) is 29.2. The zero-order valence-electron chi connectivity index (χ0n) is 10.9. The van der Waals surface area contributed by atoms with Gasteiger partial charge in [-0.15, -0.1) is 0 Å². The summed E-state index contributed by atoms with van der Waals surface area (Å²) in [6.45, 7) is 7.94. The van der Waals surface area contributed by atoms with Gasteiger partial charge in [0.25, 0.3) is 0 Å². The lowest BCUT2D eigenvalue weighted by Gasteiger charge is -2.09. The Morgan fingerprint density at radius 3 is 1.31 bits per heavy atom. The molecule has 1 aliphatic heterocycles. The maximum atomic E-state index is 8.06. The highest BCUT2D eigenvalue weighted by atomic mass is 16.6. The van der Waals surface area contributed by atoms with E-state index in [0.29, 0.717) is 13.2 Å². The fourth-order valence-corrected chi connectivity index (χ4v) is 0.606. The quantitative estimate of drug-likeness (QED) is 0.733. The number of hydrogen-bond acceptors (Lipinski definition) is 5. The second-order valence-electron chi connectivity index (χ2n) is 3.30. The van der Waals surface area contributed by atoms with Crippen LogP contribution in [0.5, 0.6) is 0 Å². The van der Waals surface area contributed by atoms with Crippen LogP contribution in [-0.2, 0) is 18.9 Å². The molecular formula is C11H26O5. The van der Waals surface area contributed by atoms with Gasteiger partial charge < -0.3 is 24.1 Å². The van der Waals surface area contributed by atoms with E-state index in [2.05, 4.69) is 9.47 Å². The van der Waals surface area contributed by atoms with Gasteiger partial charge >= 0.3 is 0 Å². The maximum Gasteiger partial charge on any atom is 0.0701 e. The predicted molar refractivity (Wildman–Crippen MR) is 62.7 cm³/mol. The van der Waals surface area contributed by atoms with Crippen molar-refractivity contribution < 1.29 is 24.1 Å². The molecule has 0 atom stereocenters. The molecule has 0 aliphatic carbocycles. The number of aliphatic hydroxyl groups is 1. The van der Waals surface area contributed by atoms with E-state index in [1.165, 1.54) is 0 Å². The minimum atomic E-state index is -0.167. The third-order valence-corrected chi connectivity index (χ3v) is 1.24. The highest BCUT2D eigenvalue weighted by Crippen LogP contribution is 1.85. The van der Waals surface area contributed by atoms with Gasteiger partial charge in [-0.2, -0.15) is 0 Å². The molecule has 0 aromatic carbocycles. The number of hydrogen-bond donors (Lipinski definition) is 1. The Balaban J connectivity index is 0. The summed E-state index contributed by atoms with van der Waals surface area (Å²) in [6.07, 6.45) is -0.167. The minimum absolute atomic E-state index is 0.167. The van der Waals surface area contributed by atoms with E-state index < -0.39 is 0 Å². The Kier molecular flexibility index (Phi) is 19.5. The number of rotatable bonds is 3. The molecule has 0 bridgehead atoms. The van der Waals surface area contributed by atoms with Crippen molar-refractivity contribution in [2.24, 2.45) is 0 Å². The minimum Gasteiger partial charge on any atom is -0.394 e. The van der Waals surface area contributed by atoms with Crippen LogP contribution in [-0.4, -0.2) is 65.1 Å². The van der Waals surface area contributed by atoms with Gasteiger partial charge in [0.05, 0.1) is 39.6 Å². The lowest BCUT2D eigenvalue weighted by Crippen LogP contribution is -2.16. The van der Waals surface area contributed by atoms with Crippen LogP contribution in [0.25, 0.3) is 0 Å². The van der Waals surface area contributed by atoms with Gasteiger partial charge in [-0.25, -0.2) is 0 Å². The van der Waals surface area contributed by atoms with Crippen molar-refractivity contribution in [3.05, 3.63) is 0 Å². The Morgan fingerprint density at radius 2 is 1.19 bits per heavy atom. The lowest BCUT2D eigenvalue weighted by molar-refractivity contribution is -0.0334. The van der Waals surface area contributed by atoms with E-state index in [1.54, 1.807) is 28.1 Å². The molecule has 5 nitrogen and oxygen atoms in total. The first-order valence-electron chi connectivity index (χ1n) is 5.46. The molecular weight excluding hydrogens is 212 g/mol. The van der Waals surface area contributed by atoms with E-state index in [1.807, 2.05) is 0 Å². The SMILES string of the molecule is C1COCCO1.CC(C)O.COCCOC. The monoisotopic (exact) mass is 238 g/mol. The van der Waals surface area contributed by atoms with Crippen LogP contribution in [0.15, 0.2) is 0 Å². The second kappa shape index (κ2) is 17.2. The molecule has 0 radical (unpaired) electrons. The van der Waals surface area contributed by atoms with Gasteiger partial charge in [-0.3, -0.25) is 0 Å². The maximum absolute atomic E-state index is 8.06. The zero-order chi connectivity index (χ0) is 12.6. The summed E-state index contributed by atoms with van der Waals surface area (Å²) in [5.41, 5.74) is 0. The number of ether oxygens (including phenoxy) is 4. The normalized spacial score (nSPS) is 14.6. The second-order valence-corrected chi connectivity index (χ2v) is 3.30. The van der Waals surface area contributed by atoms with Crippen LogP contribution >= 0.6 is 0 Å². The summed E-state index contributed by atoms with van der Waals surface area (Å²) < 4.78 is 19.2. The molecule has 0 unspecified atom stereocenters. The molecule has 0 spiro atoms. The van der Waals surface area contributed by atoms with Crippen molar-refractivity contribution >= 4 is 0 Å². The van der Waals surface area contributed by atoms with Crippen LogP contribution in [0.2, 0.25) is 0 Å². The predicted octanol–water partition coefficient (Wildman–Crippen LogP) is 0.699. The standard InChI is InChI=1S/C4H8O2.C4H10O2.C3H8O/c1-2-6-4-3-5-1;1-5-3-4-6-2;1-3(2)4/h1-4H2;3-4H2,1-2H3;3-4H,1-2H3. The van der Waals surface area contributed by atoms with Crippen molar-refractivity contribution in [1.29, 1.82) is 0 Å². The molecule has 1 heterocycles. The Labute approximate surface area is 98.6 Å². The first-order chi connectivity index (χ1) is 7.65. The van der Waals surface area contributed by atoms with Crippen LogP contribution in [0, 0.1) is 0 Å². The van der Waals surface area contributed by atoms with E-state index in [4.69, 9.17) is 14.6 Å². The van der Waals surface area contributed by atoms with Crippen LogP contribution in [0.3, 0.4) is 0 Å². The van der Waals surface area contributed by atoms with Crippen molar-refractivity contribution in [2.75, 3.05) is 53.9 Å². The van der Waals surface area contributed by atoms with Gasteiger partial charge in [0.1, 0.15) is 0 Å². The van der Waals surface area contributed by atoms with Crippen molar-refractivity contribution in [1.82, 2.24) is 0 Å². The lowest BCUT2D eigenvalue weighted by atomic mass is 10.5. The first kappa shape index (κ1) is 18.2. The summed E-state index contributed by atoms with van der Waals surface area (Å²) in [5, 5.41) is 8.06. The largest absolute Gasteiger partial charge is 0.394 e. The fourth-order valence-electron chi connectivity index (χ4n) is 0.606. The Morgan fingerprint density at radius 1 is 0.938 bits per heavy atom. The van der Waals surface area contributed by atoms with E-state index in [9.17, 15) is 0 Å². The summed E-state index contributed by atoms with van der Waals surface area (Å²) in [5.74, 6) is 0. The fraction of sp³-hybridized carbons (Fsp3) is 1.00. The summed E-state index contributed by atoms with van der Waals surface area (Å²) in [7, 11) is 3.30. The van der Waals surface area contributed by atoms with Crippen molar-refractivity contribution in [3.8, 4) is 0 Å². The summed E-state index contributed by atoms with van der Waals surface area (Å²) >= 11 is 0. The van der Waals surface area contributed by atoms with E-state index in [-0.39, 0.29) is 6.10 Å². The molecule has 1 saturated heterocycles. The van der Waals surface area contributed by atoms with Gasteiger partial charge in [0, 0.05) is 20.3 Å². The third-order valence-electron chi connectivity index (χ3n) is 1.24. The van der Waals surface area contributed by atoms with Gasteiger partial charge in [-0.1, -0.05) is 0 Å². The molecule has 5 heteroatoms. The molecule has 1 aliphatic rings. The molecule has 1 rings (SSSR count). The van der Waals surface area contributed by atoms with Crippen LogP contribution in [0.4, 0.5) is 0 Å². The highest BCUT2D eigenvalue weighted by molar-refractivity contribution is 4.37. The van der Waals surface area contributed by atoms with Crippen molar-refractivity contribution in [3.63, 3.8) is 0 Å². The smallest absolute Gasteiger partial charge is 0.0701 e. The average Bonchev–Trinajstić information content (AvgIpc) is 2.29. The summed E-state index contributed by atoms with van der Waals surface area (Å²) in [6, 6.07) is 0. The van der Waals surface area contributed by atoms with Gasteiger partial charge in [0.15, 0.2) is 0 Å². The zero-order valence-corrected chi connectivity index (χ0v) is 10.9. The number of methoxy groups -OCH3 is 2. The van der Waals surface area contributed by atoms with Crippen molar-refractivity contribution in [2.45, 2.75) is 20.0 Å². The molecule has 100 valence electrons. The van der Waals surface area contributed by atoms with Gasteiger partial charge in [0.2, 0.25) is 0 Å². The first-order valence-corrected chi connectivity index (χ1v) is 5.46. The van der Waals surface area contributed by atoms with E-state index in [0.717, 1.165) is 26.4 Å². The molecule has 0 amide bonds. The topological polar surface area (TPSA) is 57.2 Å². The molecule has 1 N–H and O–H groups in total. The molecule has 0 saturated carbocycles. The summed E-state index contributed by atoms with van der Waals surface area (Å²) in [4.78, 5) is 0. The average molecular weight is 238 g/mol. The van der Waals surface area contributed by atoms with Crippen LogP contribution < -0.4 is 0 Å².